The van der Waals surface area contributed by atoms with Crippen molar-refractivity contribution in [3.05, 3.63) is 47.4 Å². The lowest BCUT2D eigenvalue weighted by Gasteiger charge is -2.24. The number of hydrogen-bond donors (Lipinski definition) is 1. The second kappa shape index (κ2) is 9.33. The number of hydrogen-bond acceptors (Lipinski definition) is 7. The summed E-state index contributed by atoms with van der Waals surface area (Å²) in [5.41, 5.74) is 2.14. The van der Waals surface area contributed by atoms with Crippen molar-refractivity contribution >= 4 is 28.0 Å². The zero-order chi connectivity index (χ0) is 23.6. The van der Waals surface area contributed by atoms with Gasteiger partial charge in [0, 0.05) is 24.6 Å². The molecule has 2 aromatic rings. The van der Waals surface area contributed by atoms with Gasteiger partial charge in [-0.1, -0.05) is 19.9 Å². The van der Waals surface area contributed by atoms with Gasteiger partial charge in [-0.15, -0.1) is 0 Å². The number of halogens is 1. The zero-order valence-electron chi connectivity index (χ0n) is 18.3. The molecular weight excluding hydrogens is 437 g/mol. The van der Waals surface area contributed by atoms with Crippen molar-refractivity contribution < 1.29 is 27.4 Å². The van der Waals surface area contributed by atoms with E-state index in [1.165, 1.54) is 19.2 Å². The van der Waals surface area contributed by atoms with E-state index in [1.807, 2.05) is 13.8 Å². The first kappa shape index (κ1) is 23.8. The molecule has 1 unspecified atom stereocenters. The van der Waals surface area contributed by atoms with Crippen LogP contribution in [0.2, 0.25) is 0 Å². The van der Waals surface area contributed by atoms with Crippen LogP contribution in [-0.4, -0.2) is 55.0 Å². The monoisotopic (exact) mass is 463 g/mol. The Hall–Kier alpha value is -2.85. The van der Waals surface area contributed by atoms with E-state index in [0.717, 1.165) is 10.6 Å². The van der Waals surface area contributed by atoms with Gasteiger partial charge in [0.1, 0.15) is 11.9 Å². The number of sulfonamides is 1. The third kappa shape index (κ3) is 5.49. The predicted molar refractivity (Wildman–Crippen MR) is 119 cm³/mol. The molecule has 1 aromatic carbocycles. The number of benzene rings is 1. The summed E-state index contributed by atoms with van der Waals surface area (Å²) >= 11 is 0. The Bertz CT molecular complexity index is 1130. The highest BCUT2D eigenvalue weighted by Crippen LogP contribution is 2.32. The van der Waals surface area contributed by atoms with Crippen LogP contribution in [0.3, 0.4) is 0 Å². The van der Waals surface area contributed by atoms with Gasteiger partial charge in [0.2, 0.25) is 16.0 Å². The molecule has 1 aliphatic rings. The summed E-state index contributed by atoms with van der Waals surface area (Å²) in [5, 5.41) is 9.86. The van der Waals surface area contributed by atoms with Gasteiger partial charge < -0.3 is 9.84 Å². The van der Waals surface area contributed by atoms with Gasteiger partial charge in [-0.25, -0.2) is 27.1 Å². The molecular formula is C22H26FN3O5S. The van der Waals surface area contributed by atoms with Gasteiger partial charge in [-0.3, -0.25) is 4.79 Å². The highest BCUT2D eigenvalue weighted by Gasteiger charge is 2.26. The lowest BCUT2D eigenvalue weighted by molar-refractivity contribution is -0.156. The van der Waals surface area contributed by atoms with Crippen LogP contribution in [0, 0.1) is 5.82 Å². The molecule has 32 heavy (non-hydrogen) atoms. The Labute approximate surface area is 186 Å². The van der Waals surface area contributed by atoms with Gasteiger partial charge in [0.25, 0.3) is 0 Å². The molecule has 0 amide bonds. The van der Waals surface area contributed by atoms with E-state index >= 15 is 0 Å². The molecule has 1 aliphatic heterocycles. The Kier molecular flexibility index (Phi) is 6.94. The average molecular weight is 464 g/mol. The first-order chi connectivity index (χ1) is 15.0. The van der Waals surface area contributed by atoms with Gasteiger partial charge in [0.05, 0.1) is 30.2 Å². The second-order valence-electron chi connectivity index (χ2n) is 8.04. The molecule has 172 valence electrons. The van der Waals surface area contributed by atoms with E-state index < -0.39 is 34.0 Å². The summed E-state index contributed by atoms with van der Waals surface area (Å²) in [4.78, 5) is 20.6. The highest BCUT2D eigenvalue weighted by molar-refractivity contribution is 7.92. The summed E-state index contributed by atoms with van der Waals surface area (Å²) in [7, 11) is -2.25. The lowest BCUT2D eigenvalue weighted by Crippen LogP contribution is -2.31. The molecule has 0 spiro atoms. The molecule has 2 atom stereocenters. The summed E-state index contributed by atoms with van der Waals surface area (Å²) in [5.74, 6) is -1.02. The maximum Gasteiger partial charge on any atom is 0.309 e. The summed E-state index contributed by atoms with van der Waals surface area (Å²) in [6.07, 6.45) is 3.23. The number of ether oxygens (including phenoxy) is 1. The molecule has 0 radical (unpaired) electrons. The van der Waals surface area contributed by atoms with Gasteiger partial charge in [-0.05, 0) is 36.3 Å². The minimum atomic E-state index is -3.61. The molecule has 2 heterocycles. The van der Waals surface area contributed by atoms with Crippen molar-refractivity contribution in [3.8, 4) is 11.3 Å². The fourth-order valence-corrected chi connectivity index (χ4v) is 3.70. The number of carbonyl (C=O) groups is 1. The Morgan fingerprint density at radius 3 is 2.47 bits per heavy atom. The first-order valence-corrected chi connectivity index (χ1v) is 12.0. The highest BCUT2D eigenvalue weighted by atomic mass is 32.2. The Morgan fingerprint density at radius 1 is 1.25 bits per heavy atom. The van der Waals surface area contributed by atoms with E-state index in [1.54, 1.807) is 24.3 Å². The Balaban J connectivity index is 2.17. The third-order valence-corrected chi connectivity index (χ3v) is 6.23. The first-order valence-electron chi connectivity index (χ1n) is 10.1. The predicted octanol–water partition coefficient (Wildman–Crippen LogP) is 2.88. The third-order valence-electron chi connectivity index (χ3n) is 5.07. The van der Waals surface area contributed by atoms with Gasteiger partial charge in [0.15, 0.2) is 0 Å². The van der Waals surface area contributed by atoms with E-state index in [-0.39, 0.29) is 24.7 Å². The molecule has 1 aromatic heterocycles. The number of aromatic nitrogens is 2. The van der Waals surface area contributed by atoms with E-state index in [4.69, 9.17) is 4.74 Å². The van der Waals surface area contributed by atoms with Crippen molar-refractivity contribution in [1.82, 2.24) is 9.97 Å². The van der Waals surface area contributed by atoms with Crippen LogP contribution in [0.1, 0.15) is 43.9 Å². The number of aliphatic hydroxyl groups is 1. The van der Waals surface area contributed by atoms with Crippen LogP contribution in [0.15, 0.2) is 30.3 Å². The quantitative estimate of drug-likeness (QED) is 0.656. The molecule has 10 heteroatoms. The van der Waals surface area contributed by atoms with Crippen LogP contribution in [0.25, 0.3) is 17.3 Å². The van der Waals surface area contributed by atoms with Crippen LogP contribution >= 0.6 is 0 Å². The van der Waals surface area contributed by atoms with Crippen LogP contribution in [0.4, 0.5) is 10.3 Å². The molecule has 0 aliphatic carbocycles. The summed E-state index contributed by atoms with van der Waals surface area (Å²) in [6.45, 7) is 3.81. The number of nitrogens with zero attached hydrogens (tertiary/aromatic N) is 3. The van der Waals surface area contributed by atoms with E-state index in [0.29, 0.717) is 22.5 Å². The summed E-state index contributed by atoms with van der Waals surface area (Å²) in [6, 6.07) is 5.68. The number of cyclic esters (lactones) is 1. The van der Waals surface area contributed by atoms with Crippen molar-refractivity contribution in [3.63, 3.8) is 0 Å². The van der Waals surface area contributed by atoms with Crippen LogP contribution in [0.5, 0.6) is 0 Å². The molecule has 0 bridgehead atoms. The second-order valence-corrected chi connectivity index (χ2v) is 10.1. The topological polar surface area (TPSA) is 110 Å². The fraction of sp³-hybridized carbons (Fsp3) is 0.409. The number of aliphatic hydroxyl groups excluding tert-OH is 1. The minimum absolute atomic E-state index is 0.00723. The number of carbonyl (C=O) groups excluding carboxylic acids is 1. The van der Waals surface area contributed by atoms with Crippen molar-refractivity contribution in [2.75, 3.05) is 17.6 Å². The SMILES string of the molecule is CC(C)c1nc(N(C)S(C)(=O)=O)nc(-c2ccc(F)cc2)c1/C=C/[C@@H]1CC(O)CC(=O)O1. The summed E-state index contributed by atoms with van der Waals surface area (Å²) < 4.78 is 44.0. The van der Waals surface area contributed by atoms with E-state index in [9.17, 15) is 22.7 Å². The van der Waals surface area contributed by atoms with Crippen LogP contribution < -0.4 is 4.31 Å². The zero-order valence-corrected chi connectivity index (χ0v) is 19.1. The molecule has 1 fully saturated rings. The molecule has 3 rings (SSSR count). The number of esters is 1. The Morgan fingerprint density at radius 2 is 1.91 bits per heavy atom. The maximum absolute atomic E-state index is 13.5. The standard InChI is InChI=1S/C22H26FN3O5S/c1-13(2)20-18(10-9-17-11-16(27)12-19(28)31-17)21(14-5-7-15(23)8-6-14)25-22(24-20)26(3)32(4,29)30/h5-10,13,16-17,27H,11-12H2,1-4H3/b10-9+/t16?,17-/m1/s1. The smallest absolute Gasteiger partial charge is 0.309 e. The van der Waals surface area contributed by atoms with Crippen molar-refractivity contribution in [1.29, 1.82) is 0 Å². The minimum Gasteiger partial charge on any atom is -0.458 e. The molecule has 1 N–H and O–H groups in total. The fourth-order valence-electron chi connectivity index (χ4n) is 3.33. The van der Waals surface area contributed by atoms with Crippen LogP contribution in [-0.2, 0) is 19.6 Å². The number of anilines is 1. The lowest BCUT2D eigenvalue weighted by atomic mass is 9.97. The molecule has 1 saturated heterocycles. The average Bonchev–Trinajstić information content (AvgIpc) is 2.70. The largest absolute Gasteiger partial charge is 0.458 e. The van der Waals surface area contributed by atoms with Gasteiger partial charge in [-0.2, -0.15) is 0 Å². The van der Waals surface area contributed by atoms with Crippen molar-refractivity contribution in [2.45, 2.75) is 44.8 Å². The molecule has 8 nitrogen and oxygen atoms in total. The number of rotatable bonds is 6. The van der Waals surface area contributed by atoms with E-state index in [2.05, 4.69) is 9.97 Å². The maximum atomic E-state index is 13.5. The van der Waals surface area contributed by atoms with Gasteiger partial charge >= 0.3 is 5.97 Å². The normalized spacial score (nSPS) is 19.4. The molecule has 0 saturated carbocycles. The van der Waals surface area contributed by atoms with Crippen molar-refractivity contribution in [2.24, 2.45) is 0 Å².